The molecule has 1 fully saturated rings. The molecule has 0 radical (unpaired) electrons. The summed E-state index contributed by atoms with van der Waals surface area (Å²) >= 11 is 1.45. The first-order valence-corrected chi connectivity index (χ1v) is 12.0. The van der Waals surface area contributed by atoms with Crippen molar-refractivity contribution in [3.8, 4) is 0 Å². The average molecular weight is 465 g/mol. The van der Waals surface area contributed by atoms with E-state index in [0.29, 0.717) is 11.6 Å². The number of nitrogens with one attached hydrogen (secondary N) is 2. The van der Waals surface area contributed by atoms with Gasteiger partial charge in [-0.25, -0.2) is 0 Å². The molecular weight excluding hydrogens is 428 g/mol. The van der Waals surface area contributed by atoms with Gasteiger partial charge in [-0.05, 0) is 38.7 Å². The monoisotopic (exact) mass is 464 g/mol. The van der Waals surface area contributed by atoms with E-state index in [1.807, 2.05) is 65.0 Å². The van der Waals surface area contributed by atoms with Crippen LogP contribution in [0.25, 0.3) is 0 Å². The van der Waals surface area contributed by atoms with Crippen LogP contribution in [-0.2, 0) is 20.8 Å². The molecule has 1 aromatic carbocycles. The van der Waals surface area contributed by atoms with Crippen molar-refractivity contribution in [2.24, 2.45) is 11.7 Å². The summed E-state index contributed by atoms with van der Waals surface area (Å²) in [7, 11) is 0. The van der Waals surface area contributed by atoms with Crippen LogP contribution in [0.1, 0.15) is 40.2 Å². The summed E-state index contributed by atoms with van der Waals surface area (Å²) in [4.78, 5) is 40.0. The number of benzene rings is 1. The lowest BCUT2D eigenvalue weighted by Gasteiger charge is -2.32. The number of hydrogen-bond acceptors (Lipinski definition) is 6. The van der Waals surface area contributed by atoms with E-state index in [1.54, 1.807) is 0 Å². The number of aliphatic hydroxyl groups excluding tert-OH is 1. The van der Waals surface area contributed by atoms with Crippen molar-refractivity contribution in [3.63, 3.8) is 0 Å². The fourth-order valence-electron chi connectivity index (χ4n) is 3.36. The smallest absolute Gasteiger partial charge is 0.254 e. The Morgan fingerprint density at radius 3 is 2.41 bits per heavy atom. The highest BCUT2D eigenvalue weighted by atomic mass is 32.2. The van der Waals surface area contributed by atoms with Crippen molar-refractivity contribution in [1.82, 2.24) is 15.5 Å². The van der Waals surface area contributed by atoms with Crippen molar-refractivity contribution in [2.45, 2.75) is 70.8 Å². The molecule has 1 saturated heterocycles. The minimum atomic E-state index is -1.51. The maximum absolute atomic E-state index is 13.2. The largest absolute Gasteiger partial charge is 0.381 e. The van der Waals surface area contributed by atoms with E-state index in [4.69, 9.17) is 5.73 Å². The molecule has 0 unspecified atom stereocenters. The molecule has 0 saturated carbocycles. The summed E-state index contributed by atoms with van der Waals surface area (Å²) in [6.07, 6.45) is -1.26. The maximum atomic E-state index is 13.2. The molecule has 1 aromatic rings. The van der Waals surface area contributed by atoms with Crippen LogP contribution in [0.5, 0.6) is 0 Å². The van der Waals surface area contributed by atoms with E-state index in [1.165, 1.54) is 16.7 Å². The van der Waals surface area contributed by atoms with Crippen molar-refractivity contribution < 1.29 is 19.5 Å². The van der Waals surface area contributed by atoms with Crippen molar-refractivity contribution in [3.05, 3.63) is 35.9 Å². The Bertz CT molecular complexity index is 797. The quantitative estimate of drug-likeness (QED) is 0.453. The number of nitrogens with zero attached hydrogens (tertiary/aromatic N) is 1. The van der Waals surface area contributed by atoms with Gasteiger partial charge in [-0.15, -0.1) is 11.8 Å². The molecule has 8 nitrogen and oxygen atoms in total. The van der Waals surface area contributed by atoms with Crippen LogP contribution in [0.4, 0.5) is 0 Å². The van der Waals surface area contributed by atoms with E-state index >= 15 is 0 Å². The summed E-state index contributed by atoms with van der Waals surface area (Å²) in [5, 5.41) is 16.7. The Kier molecular flexibility index (Phi) is 9.12. The number of aliphatic hydroxyl groups is 1. The van der Waals surface area contributed by atoms with Gasteiger partial charge in [-0.3, -0.25) is 14.4 Å². The van der Waals surface area contributed by atoms with Crippen molar-refractivity contribution in [2.75, 3.05) is 11.6 Å². The lowest BCUT2D eigenvalue weighted by atomic mass is 9.98. The normalized spacial score (nSPS) is 19.4. The van der Waals surface area contributed by atoms with Gasteiger partial charge in [-0.2, -0.15) is 0 Å². The summed E-state index contributed by atoms with van der Waals surface area (Å²) in [5.74, 6) is -0.604. The molecule has 0 spiro atoms. The number of thioether (sulfide) groups is 1. The Labute approximate surface area is 194 Å². The fraction of sp³-hybridized carbons (Fsp3) is 0.609. The molecule has 4 atom stereocenters. The first-order chi connectivity index (χ1) is 14.9. The highest BCUT2D eigenvalue weighted by Crippen LogP contribution is 2.23. The van der Waals surface area contributed by atoms with E-state index in [9.17, 15) is 19.5 Å². The number of hydrogen-bond donors (Lipinski definition) is 4. The zero-order valence-electron chi connectivity index (χ0n) is 19.5. The summed E-state index contributed by atoms with van der Waals surface area (Å²) in [5.41, 5.74) is 6.40. The maximum Gasteiger partial charge on any atom is 0.254 e. The van der Waals surface area contributed by atoms with Crippen molar-refractivity contribution >= 4 is 29.5 Å². The lowest BCUT2D eigenvalue weighted by Crippen LogP contribution is -2.59. The molecule has 3 amide bonds. The Morgan fingerprint density at radius 1 is 1.22 bits per heavy atom. The summed E-state index contributed by atoms with van der Waals surface area (Å²) in [6.45, 7) is 9.28. The van der Waals surface area contributed by atoms with Gasteiger partial charge < -0.3 is 26.4 Å². The van der Waals surface area contributed by atoms with Crippen LogP contribution in [0.15, 0.2) is 30.3 Å². The second-order valence-corrected chi connectivity index (χ2v) is 10.6. The standard InChI is InChI=1S/C23H36N4O4S/c1-14(2)18(24)21(30)25-16(11-15-9-7-6-8-10-15)19(28)22(31)27-13-32-12-17(27)20(29)26-23(3,4)5/h6-10,14,16-19,28H,11-13,24H2,1-5H3,(H,25,30)(H,26,29)/t16-,17-,18-,19-/m0/s1. The highest BCUT2D eigenvalue weighted by molar-refractivity contribution is 7.99. The predicted octanol–water partition coefficient (Wildman–Crippen LogP) is 0.874. The third-order valence-electron chi connectivity index (χ3n) is 5.25. The Balaban J connectivity index is 2.20. The first-order valence-electron chi connectivity index (χ1n) is 10.9. The highest BCUT2D eigenvalue weighted by Gasteiger charge is 2.41. The number of carbonyl (C=O) groups is 3. The van der Waals surface area contributed by atoms with Crippen LogP contribution in [-0.4, -0.2) is 69.1 Å². The average Bonchev–Trinajstić information content (AvgIpc) is 3.21. The van der Waals surface area contributed by atoms with E-state index in [-0.39, 0.29) is 18.2 Å². The topological polar surface area (TPSA) is 125 Å². The molecule has 0 aromatic heterocycles. The van der Waals surface area contributed by atoms with Crippen LogP contribution >= 0.6 is 11.8 Å². The van der Waals surface area contributed by atoms with Gasteiger partial charge >= 0.3 is 0 Å². The molecule has 178 valence electrons. The zero-order chi connectivity index (χ0) is 24.1. The number of amides is 3. The van der Waals surface area contributed by atoms with Crippen LogP contribution < -0.4 is 16.4 Å². The third kappa shape index (κ3) is 7.21. The van der Waals surface area contributed by atoms with Gasteiger partial charge in [0.05, 0.1) is 18.0 Å². The lowest BCUT2D eigenvalue weighted by molar-refractivity contribution is -0.147. The van der Waals surface area contributed by atoms with Gasteiger partial charge in [0.15, 0.2) is 6.10 Å². The zero-order valence-corrected chi connectivity index (χ0v) is 20.3. The molecule has 9 heteroatoms. The molecule has 0 aliphatic carbocycles. The second-order valence-electron chi connectivity index (χ2n) is 9.58. The molecule has 5 N–H and O–H groups in total. The summed E-state index contributed by atoms with van der Waals surface area (Å²) in [6, 6.07) is 6.99. The third-order valence-corrected chi connectivity index (χ3v) is 6.26. The van der Waals surface area contributed by atoms with Gasteiger partial charge in [0.2, 0.25) is 11.8 Å². The second kappa shape index (κ2) is 11.2. The molecule has 1 aliphatic rings. The van der Waals surface area contributed by atoms with E-state index in [2.05, 4.69) is 10.6 Å². The molecule has 32 heavy (non-hydrogen) atoms. The van der Waals surface area contributed by atoms with Crippen LogP contribution in [0, 0.1) is 5.92 Å². The first kappa shape index (κ1) is 26.2. The molecular formula is C23H36N4O4S. The molecule has 1 heterocycles. The van der Waals surface area contributed by atoms with E-state index < -0.39 is 41.6 Å². The van der Waals surface area contributed by atoms with Crippen molar-refractivity contribution in [1.29, 1.82) is 0 Å². The SMILES string of the molecule is CC(C)[C@H](N)C(=O)N[C@@H](Cc1ccccc1)[C@H](O)C(=O)N1CSC[C@H]1C(=O)NC(C)(C)C. The molecule has 2 rings (SSSR count). The van der Waals surface area contributed by atoms with Gasteiger partial charge in [0.1, 0.15) is 6.04 Å². The minimum absolute atomic E-state index is 0.0966. The number of nitrogens with two attached hydrogens (primary N) is 1. The molecule has 0 bridgehead atoms. The minimum Gasteiger partial charge on any atom is -0.381 e. The van der Waals surface area contributed by atoms with Gasteiger partial charge in [0, 0.05) is 11.3 Å². The Hall–Kier alpha value is -2.10. The van der Waals surface area contributed by atoms with Crippen LogP contribution in [0.3, 0.4) is 0 Å². The number of rotatable bonds is 8. The predicted molar refractivity (Wildman–Crippen MR) is 127 cm³/mol. The van der Waals surface area contributed by atoms with Gasteiger partial charge in [-0.1, -0.05) is 44.2 Å². The molecule has 1 aliphatic heterocycles. The van der Waals surface area contributed by atoms with E-state index in [0.717, 1.165) is 5.56 Å². The van der Waals surface area contributed by atoms with Gasteiger partial charge in [0.25, 0.3) is 5.91 Å². The Morgan fingerprint density at radius 2 is 1.84 bits per heavy atom. The fourth-order valence-corrected chi connectivity index (χ4v) is 4.53. The number of carbonyl (C=O) groups excluding carboxylic acids is 3. The van der Waals surface area contributed by atoms with Crippen LogP contribution in [0.2, 0.25) is 0 Å². The summed E-state index contributed by atoms with van der Waals surface area (Å²) < 4.78 is 0.